The Balaban J connectivity index is 1.80. The minimum atomic E-state index is 0.641. The Hall–Kier alpha value is -0.830. The summed E-state index contributed by atoms with van der Waals surface area (Å²) < 4.78 is 1.94. The van der Waals surface area contributed by atoms with Gasteiger partial charge < -0.3 is 5.32 Å². The molecule has 1 aliphatic rings. The fraction of sp³-hybridized carbons (Fsp3) is 0.750. The number of hydrogen-bond acceptors (Lipinski definition) is 2. The second-order valence-electron chi connectivity index (χ2n) is 4.66. The van der Waals surface area contributed by atoms with Gasteiger partial charge in [0.05, 0.1) is 5.69 Å². The van der Waals surface area contributed by atoms with E-state index in [0.29, 0.717) is 6.04 Å². The summed E-state index contributed by atoms with van der Waals surface area (Å²) in [6, 6.07) is 2.72. The zero-order chi connectivity index (χ0) is 10.7. The van der Waals surface area contributed by atoms with E-state index in [1.165, 1.54) is 31.4 Å². The van der Waals surface area contributed by atoms with Crippen molar-refractivity contribution in [1.29, 1.82) is 0 Å². The molecule has 1 fully saturated rings. The number of aryl methyl sites for hydroxylation is 1. The highest BCUT2D eigenvalue weighted by Gasteiger charge is 2.20. The normalized spacial score (nSPS) is 19.6. The fourth-order valence-electron chi connectivity index (χ4n) is 2.46. The van der Waals surface area contributed by atoms with E-state index < -0.39 is 0 Å². The number of aromatic nitrogens is 2. The SMILES string of the molecule is CC(NCc1ccnn1C)C1CCCC1. The summed E-state index contributed by atoms with van der Waals surface area (Å²) in [6.07, 6.45) is 7.50. The highest BCUT2D eigenvalue weighted by Crippen LogP contribution is 2.27. The molecule has 1 aliphatic carbocycles. The summed E-state index contributed by atoms with van der Waals surface area (Å²) in [5.74, 6) is 0.887. The van der Waals surface area contributed by atoms with Crippen molar-refractivity contribution in [3.63, 3.8) is 0 Å². The minimum Gasteiger partial charge on any atom is -0.308 e. The molecule has 0 amide bonds. The summed E-state index contributed by atoms with van der Waals surface area (Å²) in [7, 11) is 2.00. The van der Waals surface area contributed by atoms with Crippen molar-refractivity contribution >= 4 is 0 Å². The van der Waals surface area contributed by atoms with Crippen LogP contribution in [0.4, 0.5) is 0 Å². The molecule has 1 unspecified atom stereocenters. The number of hydrogen-bond donors (Lipinski definition) is 1. The Morgan fingerprint density at radius 1 is 1.53 bits per heavy atom. The molecule has 0 radical (unpaired) electrons. The zero-order valence-corrected chi connectivity index (χ0v) is 9.74. The van der Waals surface area contributed by atoms with E-state index in [2.05, 4.69) is 23.4 Å². The van der Waals surface area contributed by atoms with Crippen LogP contribution in [0.25, 0.3) is 0 Å². The lowest BCUT2D eigenvalue weighted by atomic mass is 10.00. The first-order chi connectivity index (χ1) is 7.27. The predicted molar refractivity (Wildman–Crippen MR) is 61.5 cm³/mol. The first kappa shape index (κ1) is 10.7. The van der Waals surface area contributed by atoms with Gasteiger partial charge in [-0.3, -0.25) is 4.68 Å². The van der Waals surface area contributed by atoms with E-state index in [9.17, 15) is 0 Å². The second-order valence-corrected chi connectivity index (χ2v) is 4.66. The molecule has 0 spiro atoms. The first-order valence-electron chi connectivity index (χ1n) is 5.97. The summed E-state index contributed by atoms with van der Waals surface area (Å²) in [4.78, 5) is 0. The smallest absolute Gasteiger partial charge is 0.0518 e. The molecule has 0 aliphatic heterocycles. The lowest BCUT2D eigenvalue weighted by Crippen LogP contribution is -2.32. The topological polar surface area (TPSA) is 29.9 Å². The van der Waals surface area contributed by atoms with Crippen molar-refractivity contribution in [2.75, 3.05) is 0 Å². The molecular formula is C12H21N3. The summed E-state index contributed by atoms with van der Waals surface area (Å²) in [6.45, 7) is 3.25. The van der Waals surface area contributed by atoms with Gasteiger partial charge in [0.25, 0.3) is 0 Å². The Morgan fingerprint density at radius 3 is 2.87 bits per heavy atom. The third kappa shape index (κ3) is 2.59. The number of rotatable bonds is 4. The highest BCUT2D eigenvalue weighted by molar-refractivity contribution is 4.99. The molecule has 1 saturated carbocycles. The van der Waals surface area contributed by atoms with Crippen LogP contribution in [0.3, 0.4) is 0 Å². The van der Waals surface area contributed by atoms with Gasteiger partial charge >= 0.3 is 0 Å². The van der Waals surface area contributed by atoms with Crippen molar-refractivity contribution in [3.05, 3.63) is 18.0 Å². The average molecular weight is 207 g/mol. The molecule has 3 nitrogen and oxygen atoms in total. The Labute approximate surface area is 91.9 Å². The third-order valence-electron chi connectivity index (χ3n) is 3.63. The average Bonchev–Trinajstić information content (AvgIpc) is 2.85. The van der Waals surface area contributed by atoms with Gasteiger partial charge in [-0.2, -0.15) is 5.10 Å². The van der Waals surface area contributed by atoms with Crippen molar-refractivity contribution in [1.82, 2.24) is 15.1 Å². The second kappa shape index (κ2) is 4.79. The monoisotopic (exact) mass is 207 g/mol. The summed E-state index contributed by atoms with van der Waals surface area (Å²) in [5, 5.41) is 7.78. The largest absolute Gasteiger partial charge is 0.308 e. The van der Waals surface area contributed by atoms with Gasteiger partial charge in [-0.25, -0.2) is 0 Å². The fourth-order valence-corrected chi connectivity index (χ4v) is 2.46. The predicted octanol–water partition coefficient (Wildman–Crippen LogP) is 2.09. The first-order valence-corrected chi connectivity index (χ1v) is 5.97. The molecule has 1 heterocycles. The Bertz CT molecular complexity index is 300. The van der Waals surface area contributed by atoms with Crippen LogP contribution in [0.5, 0.6) is 0 Å². The van der Waals surface area contributed by atoms with Gasteiger partial charge in [-0.05, 0) is 31.7 Å². The molecular weight excluding hydrogens is 186 g/mol. The molecule has 0 aromatic carbocycles. The van der Waals surface area contributed by atoms with E-state index >= 15 is 0 Å². The molecule has 1 N–H and O–H groups in total. The molecule has 1 atom stereocenters. The maximum Gasteiger partial charge on any atom is 0.0518 e. The molecule has 3 heteroatoms. The summed E-state index contributed by atoms with van der Waals surface area (Å²) >= 11 is 0. The third-order valence-corrected chi connectivity index (χ3v) is 3.63. The van der Waals surface area contributed by atoms with Gasteiger partial charge in [-0.1, -0.05) is 12.8 Å². The maximum atomic E-state index is 4.17. The Kier molecular flexibility index (Phi) is 3.41. The lowest BCUT2D eigenvalue weighted by molar-refractivity contribution is 0.376. The molecule has 0 bridgehead atoms. The molecule has 2 rings (SSSR count). The van der Waals surface area contributed by atoms with Crippen LogP contribution in [-0.4, -0.2) is 15.8 Å². The van der Waals surface area contributed by atoms with E-state index in [1.807, 2.05) is 17.9 Å². The van der Waals surface area contributed by atoms with Gasteiger partial charge in [0.1, 0.15) is 0 Å². The van der Waals surface area contributed by atoms with Gasteiger partial charge in [0.15, 0.2) is 0 Å². The van der Waals surface area contributed by atoms with Crippen molar-refractivity contribution in [2.45, 2.75) is 45.2 Å². The van der Waals surface area contributed by atoms with Crippen LogP contribution >= 0.6 is 0 Å². The van der Waals surface area contributed by atoms with E-state index in [1.54, 1.807) is 0 Å². The number of nitrogens with one attached hydrogen (secondary N) is 1. The molecule has 1 aromatic heterocycles. The quantitative estimate of drug-likeness (QED) is 0.819. The van der Waals surface area contributed by atoms with Crippen LogP contribution in [0.15, 0.2) is 12.3 Å². The highest BCUT2D eigenvalue weighted by atomic mass is 15.3. The van der Waals surface area contributed by atoms with Crippen LogP contribution in [0, 0.1) is 5.92 Å². The van der Waals surface area contributed by atoms with Gasteiger partial charge in [0, 0.05) is 25.8 Å². The summed E-state index contributed by atoms with van der Waals surface area (Å²) in [5.41, 5.74) is 1.26. The standard InChI is InChI=1S/C12H21N3/c1-10(11-5-3-4-6-11)13-9-12-7-8-14-15(12)2/h7-8,10-11,13H,3-6,9H2,1-2H3. The van der Waals surface area contributed by atoms with Gasteiger partial charge in [0.2, 0.25) is 0 Å². The molecule has 15 heavy (non-hydrogen) atoms. The molecule has 0 saturated heterocycles. The van der Waals surface area contributed by atoms with Crippen LogP contribution in [-0.2, 0) is 13.6 Å². The lowest BCUT2D eigenvalue weighted by Gasteiger charge is -2.20. The van der Waals surface area contributed by atoms with E-state index in [4.69, 9.17) is 0 Å². The van der Waals surface area contributed by atoms with Crippen LogP contribution in [0.1, 0.15) is 38.3 Å². The van der Waals surface area contributed by atoms with Crippen molar-refractivity contribution in [2.24, 2.45) is 13.0 Å². The minimum absolute atomic E-state index is 0.641. The van der Waals surface area contributed by atoms with Crippen LogP contribution in [0.2, 0.25) is 0 Å². The van der Waals surface area contributed by atoms with Crippen molar-refractivity contribution < 1.29 is 0 Å². The maximum absolute atomic E-state index is 4.17. The number of nitrogens with zero attached hydrogens (tertiary/aromatic N) is 2. The van der Waals surface area contributed by atoms with Crippen molar-refractivity contribution in [3.8, 4) is 0 Å². The van der Waals surface area contributed by atoms with E-state index in [0.717, 1.165) is 12.5 Å². The Morgan fingerprint density at radius 2 is 2.27 bits per heavy atom. The molecule has 84 valence electrons. The zero-order valence-electron chi connectivity index (χ0n) is 9.74. The van der Waals surface area contributed by atoms with E-state index in [-0.39, 0.29) is 0 Å². The van der Waals surface area contributed by atoms with Crippen LogP contribution < -0.4 is 5.32 Å². The van der Waals surface area contributed by atoms with Gasteiger partial charge in [-0.15, -0.1) is 0 Å². The molecule has 1 aromatic rings.